The molecule has 0 unspecified atom stereocenters. The van der Waals surface area contributed by atoms with Gasteiger partial charge in [0.2, 0.25) is 5.91 Å². The molecule has 1 fully saturated rings. The molecular weight excluding hydrogens is 266 g/mol. The van der Waals surface area contributed by atoms with E-state index in [4.69, 9.17) is 0 Å². The van der Waals surface area contributed by atoms with Crippen molar-refractivity contribution in [3.63, 3.8) is 0 Å². The van der Waals surface area contributed by atoms with Crippen LogP contribution in [0.3, 0.4) is 0 Å². The van der Waals surface area contributed by atoms with E-state index in [-0.39, 0.29) is 17.9 Å². The Morgan fingerprint density at radius 2 is 1.62 bits per heavy atom. The molecule has 1 aromatic carbocycles. The van der Waals surface area contributed by atoms with E-state index >= 15 is 0 Å². The second kappa shape index (κ2) is 8.29. The first-order valence-corrected chi connectivity index (χ1v) is 7.59. The summed E-state index contributed by atoms with van der Waals surface area (Å²) < 4.78 is 0. The van der Waals surface area contributed by atoms with Gasteiger partial charge in [0, 0.05) is 25.6 Å². The number of rotatable bonds is 6. The van der Waals surface area contributed by atoms with Crippen LogP contribution in [0.5, 0.6) is 0 Å². The van der Waals surface area contributed by atoms with Crippen molar-refractivity contribution in [2.75, 3.05) is 13.1 Å². The molecule has 0 saturated heterocycles. The summed E-state index contributed by atoms with van der Waals surface area (Å²) in [7, 11) is 0. The number of carbonyl (C=O) groups excluding carboxylic acids is 2. The summed E-state index contributed by atoms with van der Waals surface area (Å²) in [6, 6.07) is 9.52. The number of hydrogen-bond acceptors (Lipinski definition) is 2. The van der Waals surface area contributed by atoms with Crippen molar-refractivity contribution in [3.05, 3.63) is 35.9 Å². The third-order valence-electron chi connectivity index (χ3n) is 3.73. The first-order chi connectivity index (χ1) is 10.3. The molecule has 3 N–H and O–H groups in total. The zero-order chi connectivity index (χ0) is 14.9. The fourth-order valence-electron chi connectivity index (χ4n) is 2.53. The van der Waals surface area contributed by atoms with Crippen LogP contribution in [0.1, 0.15) is 31.2 Å². The molecule has 1 aliphatic rings. The largest absolute Gasteiger partial charge is 0.354 e. The van der Waals surface area contributed by atoms with Gasteiger partial charge in [-0.05, 0) is 18.4 Å². The van der Waals surface area contributed by atoms with Crippen LogP contribution in [-0.2, 0) is 11.3 Å². The van der Waals surface area contributed by atoms with Gasteiger partial charge in [-0.15, -0.1) is 0 Å². The SMILES string of the molecule is O=C(NCCNC(=O)C1CCCC1)NCc1ccccc1. The number of amides is 3. The van der Waals surface area contributed by atoms with Gasteiger partial charge in [0.15, 0.2) is 0 Å². The van der Waals surface area contributed by atoms with Gasteiger partial charge in [-0.1, -0.05) is 43.2 Å². The maximum atomic E-state index is 11.8. The van der Waals surface area contributed by atoms with Gasteiger partial charge < -0.3 is 16.0 Å². The first-order valence-electron chi connectivity index (χ1n) is 7.59. The summed E-state index contributed by atoms with van der Waals surface area (Å²) in [4.78, 5) is 23.3. The molecule has 2 rings (SSSR count). The summed E-state index contributed by atoms with van der Waals surface area (Å²) in [5, 5.41) is 8.39. The van der Waals surface area contributed by atoms with Crippen molar-refractivity contribution >= 4 is 11.9 Å². The Bertz CT molecular complexity index is 456. The highest BCUT2D eigenvalue weighted by Gasteiger charge is 2.21. The van der Waals surface area contributed by atoms with E-state index in [1.165, 1.54) is 0 Å². The van der Waals surface area contributed by atoms with Crippen molar-refractivity contribution in [3.8, 4) is 0 Å². The molecule has 1 aromatic rings. The summed E-state index contributed by atoms with van der Waals surface area (Å²) >= 11 is 0. The quantitative estimate of drug-likeness (QED) is 0.699. The van der Waals surface area contributed by atoms with E-state index in [2.05, 4.69) is 16.0 Å². The maximum Gasteiger partial charge on any atom is 0.315 e. The molecule has 0 heterocycles. The van der Waals surface area contributed by atoms with E-state index in [9.17, 15) is 9.59 Å². The summed E-state index contributed by atoms with van der Waals surface area (Å²) in [5.41, 5.74) is 1.06. The molecule has 5 heteroatoms. The Labute approximate surface area is 125 Å². The number of carbonyl (C=O) groups is 2. The van der Waals surface area contributed by atoms with Crippen molar-refractivity contribution in [1.82, 2.24) is 16.0 Å². The molecule has 21 heavy (non-hydrogen) atoms. The summed E-state index contributed by atoms with van der Waals surface area (Å²) in [5.74, 6) is 0.302. The lowest BCUT2D eigenvalue weighted by atomic mass is 10.1. The van der Waals surface area contributed by atoms with Gasteiger partial charge in [0.25, 0.3) is 0 Å². The molecule has 3 amide bonds. The average molecular weight is 289 g/mol. The molecule has 5 nitrogen and oxygen atoms in total. The highest BCUT2D eigenvalue weighted by molar-refractivity contribution is 5.79. The fraction of sp³-hybridized carbons (Fsp3) is 0.500. The minimum atomic E-state index is -0.214. The maximum absolute atomic E-state index is 11.8. The van der Waals surface area contributed by atoms with Gasteiger partial charge in [0.05, 0.1) is 0 Å². The molecule has 0 aliphatic heterocycles. The molecule has 1 aliphatic carbocycles. The molecule has 0 aromatic heterocycles. The van der Waals surface area contributed by atoms with Crippen LogP contribution < -0.4 is 16.0 Å². The number of benzene rings is 1. The molecule has 1 saturated carbocycles. The first kappa shape index (κ1) is 15.4. The van der Waals surface area contributed by atoms with Crippen molar-refractivity contribution in [2.45, 2.75) is 32.2 Å². The molecule has 114 valence electrons. The van der Waals surface area contributed by atoms with Crippen LogP contribution in [0.25, 0.3) is 0 Å². The monoisotopic (exact) mass is 289 g/mol. The fourth-order valence-corrected chi connectivity index (χ4v) is 2.53. The minimum absolute atomic E-state index is 0.124. The predicted octanol–water partition coefficient (Wildman–Crippen LogP) is 1.79. The van der Waals surface area contributed by atoms with Gasteiger partial charge >= 0.3 is 6.03 Å². The van der Waals surface area contributed by atoms with Crippen LogP contribution in [-0.4, -0.2) is 25.0 Å². The lowest BCUT2D eigenvalue weighted by Crippen LogP contribution is -2.41. The normalized spacial score (nSPS) is 14.7. The second-order valence-electron chi connectivity index (χ2n) is 5.37. The average Bonchev–Trinajstić information content (AvgIpc) is 3.05. The third kappa shape index (κ3) is 5.45. The van der Waals surface area contributed by atoms with Crippen molar-refractivity contribution in [1.29, 1.82) is 0 Å². The van der Waals surface area contributed by atoms with Crippen molar-refractivity contribution in [2.24, 2.45) is 5.92 Å². The topological polar surface area (TPSA) is 70.2 Å². The van der Waals surface area contributed by atoms with Crippen LogP contribution in [0.4, 0.5) is 4.79 Å². The number of nitrogens with one attached hydrogen (secondary N) is 3. The smallest absolute Gasteiger partial charge is 0.315 e. The van der Waals surface area contributed by atoms with E-state index in [0.29, 0.717) is 19.6 Å². The zero-order valence-electron chi connectivity index (χ0n) is 12.2. The summed E-state index contributed by atoms with van der Waals surface area (Å²) in [6.07, 6.45) is 4.30. The minimum Gasteiger partial charge on any atom is -0.354 e. The van der Waals surface area contributed by atoms with Crippen LogP contribution in [0.15, 0.2) is 30.3 Å². The molecule has 0 spiro atoms. The van der Waals surface area contributed by atoms with E-state index in [0.717, 1.165) is 31.2 Å². The molecule has 0 atom stereocenters. The lowest BCUT2D eigenvalue weighted by molar-refractivity contribution is -0.124. The highest BCUT2D eigenvalue weighted by Crippen LogP contribution is 2.24. The number of hydrogen-bond donors (Lipinski definition) is 3. The van der Waals surface area contributed by atoms with E-state index in [1.54, 1.807) is 0 Å². The molecule has 0 bridgehead atoms. The Kier molecular flexibility index (Phi) is 6.06. The van der Waals surface area contributed by atoms with Gasteiger partial charge in [-0.2, -0.15) is 0 Å². The molecule has 0 radical (unpaired) electrons. The van der Waals surface area contributed by atoms with E-state index < -0.39 is 0 Å². The van der Waals surface area contributed by atoms with Gasteiger partial charge in [-0.3, -0.25) is 4.79 Å². The standard InChI is InChI=1S/C16H23N3O2/c20-15(14-8-4-5-9-14)17-10-11-18-16(21)19-12-13-6-2-1-3-7-13/h1-3,6-7,14H,4-5,8-12H2,(H,17,20)(H2,18,19,21). The van der Waals surface area contributed by atoms with Gasteiger partial charge in [0.1, 0.15) is 0 Å². The van der Waals surface area contributed by atoms with Crippen molar-refractivity contribution < 1.29 is 9.59 Å². The number of urea groups is 1. The van der Waals surface area contributed by atoms with Crippen LogP contribution in [0, 0.1) is 5.92 Å². The summed E-state index contributed by atoms with van der Waals surface area (Å²) in [6.45, 7) is 1.42. The Balaban J connectivity index is 1.54. The second-order valence-corrected chi connectivity index (χ2v) is 5.37. The van der Waals surface area contributed by atoms with Crippen LogP contribution >= 0.6 is 0 Å². The zero-order valence-corrected chi connectivity index (χ0v) is 12.2. The van der Waals surface area contributed by atoms with E-state index in [1.807, 2.05) is 30.3 Å². The Morgan fingerprint density at radius 1 is 0.952 bits per heavy atom. The van der Waals surface area contributed by atoms with Gasteiger partial charge in [-0.25, -0.2) is 4.79 Å². The lowest BCUT2D eigenvalue weighted by Gasteiger charge is -2.11. The molecular formula is C16H23N3O2. The van der Waals surface area contributed by atoms with Crippen LogP contribution in [0.2, 0.25) is 0 Å². The predicted molar refractivity (Wildman–Crippen MR) is 81.6 cm³/mol. The Hall–Kier alpha value is -2.04. The highest BCUT2D eigenvalue weighted by atomic mass is 16.2. The Morgan fingerprint density at radius 3 is 2.33 bits per heavy atom. The third-order valence-corrected chi connectivity index (χ3v) is 3.73.